The van der Waals surface area contributed by atoms with Gasteiger partial charge in [0.1, 0.15) is 5.82 Å². The van der Waals surface area contributed by atoms with E-state index >= 15 is 0 Å². The fraction of sp³-hybridized carbons (Fsp3) is 0.450. The molecule has 2 saturated heterocycles. The summed E-state index contributed by atoms with van der Waals surface area (Å²) in [6, 6.07) is 10.2. The topological polar surface area (TPSA) is 87.5 Å². The van der Waals surface area contributed by atoms with Gasteiger partial charge >= 0.3 is 5.97 Å². The van der Waals surface area contributed by atoms with Crippen molar-refractivity contribution in [1.82, 2.24) is 14.7 Å². The summed E-state index contributed by atoms with van der Waals surface area (Å²) in [4.78, 5) is 26.0. The Kier molecular flexibility index (Phi) is 4.70. The second-order valence-corrected chi connectivity index (χ2v) is 7.56. The highest BCUT2D eigenvalue weighted by molar-refractivity contribution is 5.91. The first-order valence-electron chi connectivity index (χ1n) is 9.37. The van der Waals surface area contributed by atoms with Crippen LogP contribution in [0.3, 0.4) is 0 Å². The molecule has 4 rings (SSSR count). The van der Waals surface area contributed by atoms with Crippen molar-refractivity contribution in [2.24, 2.45) is 5.92 Å². The van der Waals surface area contributed by atoms with Crippen molar-refractivity contribution in [1.29, 1.82) is 0 Å². The van der Waals surface area contributed by atoms with Crippen molar-refractivity contribution in [2.45, 2.75) is 44.8 Å². The van der Waals surface area contributed by atoms with E-state index in [1.807, 2.05) is 25.1 Å². The largest absolute Gasteiger partial charge is 0.481 e. The zero-order valence-electron chi connectivity index (χ0n) is 15.3. The Labute approximate surface area is 158 Å². The van der Waals surface area contributed by atoms with Crippen molar-refractivity contribution >= 4 is 17.7 Å². The third-order valence-corrected chi connectivity index (χ3v) is 5.72. The summed E-state index contributed by atoms with van der Waals surface area (Å²) in [5, 5.41) is 16.6. The maximum atomic E-state index is 12.6. The van der Waals surface area contributed by atoms with E-state index in [4.69, 9.17) is 0 Å². The number of rotatable bonds is 6. The van der Waals surface area contributed by atoms with Crippen LogP contribution in [0.25, 0.3) is 0 Å². The molecule has 2 aromatic rings. The molecule has 27 heavy (non-hydrogen) atoms. The summed E-state index contributed by atoms with van der Waals surface area (Å²) < 4.78 is 1.77. The van der Waals surface area contributed by atoms with Gasteiger partial charge in [0.2, 0.25) is 5.91 Å². The Morgan fingerprint density at radius 3 is 2.89 bits per heavy atom. The summed E-state index contributed by atoms with van der Waals surface area (Å²) in [5.74, 6) is -0.556. The molecule has 7 nitrogen and oxygen atoms in total. The first-order valence-corrected chi connectivity index (χ1v) is 9.37. The lowest BCUT2D eigenvalue weighted by atomic mass is 9.89. The Hall–Kier alpha value is -2.67. The van der Waals surface area contributed by atoms with Gasteiger partial charge in [-0.2, -0.15) is 5.10 Å². The molecule has 0 aliphatic carbocycles. The van der Waals surface area contributed by atoms with Crippen LogP contribution in [0, 0.1) is 12.8 Å². The number of nitrogens with one attached hydrogen (secondary N) is 1. The smallest absolute Gasteiger partial charge is 0.308 e. The van der Waals surface area contributed by atoms with Gasteiger partial charge in [-0.05, 0) is 31.7 Å². The van der Waals surface area contributed by atoms with Gasteiger partial charge < -0.3 is 10.4 Å². The minimum Gasteiger partial charge on any atom is -0.481 e. The molecular weight excluding hydrogens is 344 g/mol. The molecule has 3 unspecified atom stereocenters. The van der Waals surface area contributed by atoms with E-state index in [1.165, 1.54) is 5.56 Å². The maximum Gasteiger partial charge on any atom is 0.308 e. The molecule has 1 aromatic heterocycles. The van der Waals surface area contributed by atoms with Gasteiger partial charge in [-0.15, -0.1) is 0 Å². The average molecular weight is 368 g/mol. The summed E-state index contributed by atoms with van der Waals surface area (Å²) in [6.45, 7) is 2.86. The Bertz CT molecular complexity index is 862. The number of carboxylic acids is 1. The summed E-state index contributed by atoms with van der Waals surface area (Å²) in [7, 11) is 0. The molecule has 1 amide bonds. The fourth-order valence-electron chi connectivity index (χ4n) is 4.51. The minimum absolute atomic E-state index is 0.0181. The number of carbonyl (C=O) groups is 2. The summed E-state index contributed by atoms with van der Waals surface area (Å²) in [5.41, 5.74) is 2.30. The number of amides is 1. The third kappa shape index (κ3) is 3.60. The maximum absolute atomic E-state index is 12.6. The van der Waals surface area contributed by atoms with Gasteiger partial charge in [-0.1, -0.05) is 29.8 Å². The van der Waals surface area contributed by atoms with E-state index in [0.717, 1.165) is 18.4 Å². The average Bonchev–Trinajstić information content (AvgIpc) is 3.31. The molecule has 1 aromatic carbocycles. The highest BCUT2D eigenvalue weighted by Crippen LogP contribution is 2.41. The van der Waals surface area contributed by atoms with Crippen LogP contribution in [0.15, 0.2) is 36.5 Å². The molecule has 2 bridgehead atoms. The molecule has 2 N–H and O–H groups in total. The van der Waals surface area contributed by atoms with Crippen LogP contribution < -0.4 is 5.32 Å². The number of benzene rings is 1. The number of carboxylic acid groups (broad SMARTS) is 1. The molecule has 0 radical (unpaired) electrons. The Balaban J connectivity index is 1.40. The van der Waals surface area contributed by atoms with Crippen molar-refractivity contribution in [3.63, 3.8) is 0 Å². The lowest BCUT2D eigenvalue weighted by molar-refractivity contribution is -0.142. The molecule has 3 heterocycles. The number of aromatic nitrogens is 2. The van der Waals surface area contributed by atoms with Gasteiger partial charge in [0.15, 0.2) is 0 Å². The molecule has 2 aliphatic rings. The molecule has 2 fully saturated rings. The van der Waals surface area contributed by atoms with Gasteiger partial charge in [0.25, 0.3) is 0 Å². The fourth-order valence-corrected chi connectivity index (χ4v) is 4.51. The molecule has 2 aliphatic heterocycles. The Morgan fingerprint density at radius 1 is 1.30 bits per heavy atom. The van der Waals surface area contributed by atoms with Crippen LogP contribution in [-0.4, -0.2) is 50.3 Å². The van der Waals surface area contributed by atoms with Crippen LogP contribution >= 0.6 is 0 Å². The molecule has 7 heteroatoms. The number of aryl methyl sites for hydroxylation is 1. The van der Waals surface area contributed by atoms with Crippen molar-refractivity contribution in [3.05, 3.63) is 47.7 Å². The molecular formula is C20H24N4O3. The number of carbonyl (C=O) groups excluding carboxylic acids is 1. The molecule has 0 saturated carbocycles. The normalized spacial score (nSPS) is 24.3. The van der Waals surface area contributed by atoms with E-state index < -0.39 is 5.97 Å². The molecule has 3 atom stereocenters. The van der Waals surface area contributed by atoms with Crippen molar-refractivity contribution in [2.75, 3.05) is 11.9 Å². The zero-order valence-corrected chi connectivity index (χ0v) is 15.3. The van der Waals surface area contributed by atoms with E-state index in [2.05, 4.69) is 21.4 Å². The third-order valence-electron chi connectivity index (χ3n) is 5.72. The lowest BCUT2D eigenvalue weighted by Crippen LogP contribution is -2.39. The number of anilines is 1. The number of fused-ring (bicyclic) bond motifs is 2. The predicted octanol–water partition coefficient (Wildman–Crippen LogP) is 2.12. The van der Waals surface area contributed by atoms with Crippen LogP contribution in [0.1, 0.15) is 30.4 Å². The van der Waals surface area contributed by atoms with Crippen molar-refractivity contribution < 1.29 is 14.7 Å². The van der Waals surface area contributed by atoms with Crippen LogP contribution in [-0.2, 0) is 16.1 Å². The summed E-state index contributed by atoms with van der Waals surface area (Å²) in [6.07, 6.45) is 4.16. The standard InChI is InChI=1S/C20H24N4O3/c1-13-3-2-4-14(9-13)11-24-18(7-8-21-24)22-19(25)12-23-15-5-6-17(23)16(10-15)20(26)27/h2-4,7-9,15-17H,5-6,10-12H2,1H3,(H,22,25)(H,26,27). The van der Waals surface area contributed by atoms with Gasteiger partial charge in [-0.25, -0.2) is 4.68 Å². The highest BCUT2D eigenvalue weighted by atomic mass is 16.4. The molecule has 0 spiro atoms. The second-order valence-electron chi connectivity index (χ2n) is 7.56. The zero-order chi connectivity index (χ0) is 19.0. The first kappa shape index (κ1) is 17.7. The van der Waals surface area contributed by atoms with Gasteiger partial charge in [0, 0.05) is 18.2 Å². The van der Waals surface area contributed by atoms with E-state index in [9.17, 15) is 14.7 Å². The first-order chi connectivity index (χ1) is 13.0. The van der Waals surface area contributed by atoms with Crippen molar-refractivity contribution in [3.8, 4) is 0 Å². The van der Waals surface area contributed by atoms with Gasteiger partial charge in [0.05, 0.1) is 25.2 Å². The number of nitrogens with zero attached hydrogens (tertiary/aromatic N) is 3. The number of hydrogen-bond acceptors (Lipinski definition) is 4. The lowest BCUT2D eigenvalue weighted by Gasteiger charge is -2.22. The number of aliphatic carboxylic acids is 1. The van der Waals surface area contributed by atoms with Crippen LogP contribution in [0.4, 0.5) is 5.82 Å². The second kappa shape index (κ2) is 7.15. The number of hydrogen-bond donors (Lipinski definition) is 2. The predicted molar refractivity (Wildman–Crippen MR) is 100 cm³/mol. The van der Waals surface area contributed by atoms with Gasteiger partial charge in [-0.3, -0.25) is 14.5 Å². The Morgan fingerprint density at radius 2 is 2.15 bits per heavy atom. The quantitative estimate of drug-likeness (QED) is 0.815. The SMILES string of the molecule is Cc1cccc(Cn2nccc2NC(=O)CN2C3CCC2C(C(=O)O)C3)c1. The van der Waals surface area contributed by atoms with E-state index in [0.29, 0.717) is 18.8 Å². The monoisotopic (exact) mass is 368 g/mol. The van der Waals surface area contributed by atoms with E-state index in [1.54, 1.807) is 16.9 Å². The van der Waals surface area contributed by atoms with E-state index in [-0.39, 0.29) is 30.5 Å². The highest BCUT2D eigenvalue weighted by Gasteiger charge is 2.49. The van der Waals surface area contributed by atoms with Crippen LogP contribution in [0.2, 0.25) is 0 Å². The minimum atomic E-state index is -0.746. The van der Waals surface area contributed by atoms with Crippen LogP contribution in [0.5, 0.6) is 0 Å². The summed E-state index contributed by atoms with van der Waals surface area (Å²) >= 11 is 0. The molecule has 142 valence electrons.